The van der Waals surface area contributed by atoms with E-state index in [9.17, 15) is 4.79 Å². The molecule has 162 valence electrons. The van der Waals surface area contributed by atoms with Gasteiger partial charge in [-0.25, -0.2) is 0 Å². The van der Waals surface area contributed by atoms with Crippen LogP contribution in [0.25, 0.3) is 0 Å². The lowest BCUT2D eigenvalue weighted by Crippen LogP contribution is -2.47. The smallest absolute Gasteiger partial charge is 0.272 e. The van der Waals surface area contributed by atoms with Gasteiger partial charge in [-0.3, -0.25) is 9.78 Å². The van der Waals surface area contributed by atoms with Crippen molar-refractivity contribution in [1.82, 2.24) is 19.7 Å². The van der Waals surface area contributed by atoms with Crippen molar-refractivity contribution >= 4 is 5.91 Å². The average Bonchev–Trinajstić information content (AvgIpc) is 2.78. The zero-order chi connectivity index (χ0) is 21.4. The first-order chi connectivity index (χ1) is 13.6. The topological polar surface area (TPSA) is 48.9 Å². The van der Waals surface area contributed by atoms with Crippen LogP contribution in [0, 0.1) is 0 Å². The molecule has 6 heteroatoms. The second-order valence-corrected chi connectivity index (χ2v) is 6.55. The minimum Gasteiger partial charge on any atom is -0.381 e. The summed E-state index contributed by atoms with van der Waals surface area (Å²) in [6.07, 6.45) is 4.59. The molecule has 0 atom stereocenters. The van der Waals surface area contributed by atoms with E-state index in [1.54, 1.807) is 19.4 Å². The third-order valence-electron chi connectivity index (χ3n) is 4.67. The monoisotopic (exact) mass is 394 g/mol. The summed E-state index contributed by atoms with van der Waals surface area (Å²) < 4.78 is 5.21. The average molecular weight is 395 g/mol. The molecule has 0 unspecified atom stereocenters. The summed E-state index contributed by atoms with van der Waals surface area (Å²) in [6, 6.07) is 5.43. The number of carbonyl (C=O) groups excluding carboxylic acids is 1. The number of ether oxygens (including phenoxy) is 1. The second kappa shape index (κ2) is 16.5. The second-order valence-electron chi connectivity index (χ2n) is 6.55. The summed E-state index contributed by atoms with van der Waals surface area (Å²) in [7, 11) is 6.03. The fraction of sp³-hybridized carbons (Fsp3) is 0.727. The van der Waals surface area contributed by atoms with E-state index in [0.29, 0.717) is 11.8 Å². The molecular formula is C22H42N4O2. The number of hydrogen-bond donors (Lipinski definition) is 0. The van der Waals surface area contributed by atoms with Crippen molar-refractivity contribution in [3.63, 3.8) is 0 Å². The molecule has 0 N–H and O–H groups in total. The highest BCUT2D eigenvalue weighted by Crippen LogP contribution is 2.10. The van der Waals surface area contributed by atoms with E-state index < -0.39 is 0 Å². The van der Waals surface area contributed by atoms with E-state index in [1.165, 1.54) is 25.9 Å². The normalized spacial score (nSPS) is 17.9. The fourth-order valence-corrected chi connectivity index (χ4v) is 2.88. The van der Waals surface area contributed by atoms with E-state index >= 15 is 0 Å². The van der Waals surface area contributed by atoms with E-state index in [0.717, 1.165) is 26.2 Å². The maximum atomic E-state index is 12.0. The van der Waals surface area contributed by atoms with Crippen molar-refractivity contribution in [2.24, 2.45) is 0 Å². The van der Waals surface area contributed by atoms with Gasteiger partial charge in [-0.15, -0.1) is 0 Å². The van der Waals surface area contributed by atoms with Crippen molar-refractivity contribution in [2.45, 2.75) is 46.6 Å². The van der Waals surface area contributed by atoms with Crippen LogP contribution in [0.15, 0.2) is 24.4 Å². The third kappa shape index (κ3) is 10.2. The van der Waals surface area contributed by atoms with Gasteiger partial charge in [-0.2, -0.15) is 0 Å². The Balaban J connectivity index is 0.000000481. The number of aromatic nitrogens is 1. The molecule has 0 radical (unpaired) electrons. The zero-order valence-corrected chi connectivity index (χ0v) is 19.1. The molecule has 28 heavy (non-hydrogen) atoms. The molecule has 0 aromatic carbocycles. The van der Waals surface area contributed by atoms with Gasteiger partial charge in [0.05, 0.1) is 6.10 Å². The molecule has 2 aliphatic rings. The summed E-state index contributed by atoms with van der Waals surface area (Å²) in [5.74, 6) is 0.0451. The summed E-state index contributed by atoms with van der Waals surface area (Å²) >= 11 is 0. The van der Waals surface area contributed by atoms with Crippen molar-refractivity contribution < 1.29 is 9.53 Å². The number of amides is 1. The Labute approximate surface area is 172 Å². The predicted octanol–water partition coefficient (Wildman–Crippen LogP) is 3.25. The largest absolute Gasteiger partial charge is 0.381 e. The molecule has 0 saturated carbocycles. The van der Waals surface area contributed by atoms with Gasteiger partial charge in [0.15, 0.2) is 0 Å². The van der Waals surface area contributed by atoms with Crippen molar-refractivity contribution in [3.8, 4) is 0 Å². The number of hydrogen-bond acceptors (Lipinski definition) is 5. The molecule has 2 saturated heterocycles. The highest BCUT2D eigenvalue weighted by atomic mass is 16.5. The van der Waals surface area contributed by atoms with Gasteiger partial charge in [0.1, 0.15) is 5.69 Å². The molecule has 1 aromatic heterocycles. The Kier molecular flexibility index (Phi) is 15.6. The molecular weight excluding hydrogens is 352 g/mol. The molecule has 1 aromatic rings. The standard InChI is InChI=1S/C11H15N3O.C7H15NO.2C2H6/c1-13-6-8-14(9-7-13)11(15)10-4-2-3-5-12-10;1-8-5-3-7(9-2)4-6-8;2*1-2/h2-5H,6-9H2,1H3;7H,3-6H2,1-2H3;2*1-2H3. The van der Waals surface area contributed by atoms with E-state index in [2.05, 4.69) is 28.9 Å². The van der Waals surface area contributed by atoms with E-state index in [1.807, 2.05) is 44.7 Å². The minimum absolute atomic E-state index is 0.0451. The molecule has 2 aliphatic heterocycles. The lowest BCUT2D eigenvalue weighted by molar-refractivity contribution is 0.0484. The summed E-state index contributed by atoms with van der Waals surface area (Å²) in [5.41, 5.74) is 0.544. The van der Waals surface area contributed by atoms with Gasteiger partial charge >= 0.3 is 0 Å². The van der Waals surface area contributed by atoms with Crippen LogP contribution < -0.4 is 0 Å². The van der Waals surface area contributed by atoms with Crippen LogP contribution in [0.4, 0.5) is 0 Å². The number of carbonyl (C=O) groups is 1. The quantitative estimate of drug-likeness (QED) is 0.771. The van der Waals surface area contributed by atoms with Gasteiger partial charge in [0.2, 0.25) is 0 Å². The zero-order valence-electron chi connectivity index (χ0n) is 19.1. The molecule has 2 fully saturated rings. The maximum absolute atomic E-state index is 12.0. The van der Waals surface area contributed by atoms with Crippen LogP contribution in [0.1, 0.15) is 51.0 Å². The number of piperazine rings is 1. The number of pyridine rings is 1. The first kappa shape index (κ1) is 26.5. The van der Waals surface area contributed by atoms with Gasteiger partial charge in [0, 0.05) is 52.6 Å². The Bertz CT molecular complexity index is 483. The molecule has 6 nitrogen and oxygen atoms in total. The van der Waals surface area contributed by atoms with Crippen LogP contribution in [-0.4, -0.2) is 92.2 Å². The Morgan fingerprint density at radius 3 is 1.93 bits per heavy atom. The van der Waals surface area contributed by atoms with Crippen molar-refractivity contribution in [2.75, 3.05) is 60.5 Å². The number of methoxy groups -OCH3 is 1. The van der Waals surface area contributed by atoms with Crippen molar-refractivity contribution in [1.29, 1.82) is 0 Å². The molecule has 0 aliphatic carbocycles. The highest BCUT2D eigenvalue weighted by Gasteiger charge is 2.20. The summed E-state index contributed by atoms with van der Waals surface area (Å²) in [4.78, 5) is 22.4. The lowest BCUT2D eigenvalue weighted by atomic mass is 10.1. The molecule has 1 amide bonds. The number of nitrogens with zero attached hydrogens (tertiary/aromatic N) is 4. The molecule has 3 heterocycles. The van der Waals surface area contributed by atoms with Crippen LogP contribution in [0.3, 0.4) is 0 Å². The summed E-state index contributed by atoms with van der Waals surface area (Å²) in [6.45, 7) is 13.9. The van der Waals surface area contributed by atoms with Crippen LogP contribution in [0.5, 0.6) is 0 Å². The van der Waals surface area contributed by atoms with Crippen LogP contribution in [-0.2, 0) is 4.74 Å². The van der Waals surface area contributed by atoms with Gasteiger partial charge in [-0.05, 0) is 39.1 Å². The van der Waals surface area contributed by atoms with Gasteiger partial charge in [-0.1, -0.05) is 33.8 Å². The molecule has 3 rings (SSSR count). The minimum atomic E-state index is 0.0451. The third-order valence-corrected chi connectivity index (χ3v) is 4.67. The van der Waals surface area contributed by atoms with Crippen LogP contribution in [0.2, 0.25) is 0 Å². The number of likely N-dealkylation sites (tertiary alicyclic amines) is 1. The maximum Gasteiger partial charge on any atom is 0.272 e. The summed E-state index contributed by atoms with van der Waals surface area (Å²) in [5, 5.41) is 0. The number of piperidine rings is 1. The molecule has 0 bridgehead atoms. The van der Waals surface area contributed by atoms with Crippen LogP contribution >= 0.6 is 0 Å². The van der Waals surface area contributed by atoms with Gasteiger partial charge in [0.25, 0.3) is 5.91 Å². The van der Waals surface area contributed by atoms with E-state index in [4.69, 9.17) is 4.74 Å². The Morgan fingerprint density at radius 2 is 1.46 bits per heavy atom. The van der Waals surface area contributed by atoms with Crippen molar-refractivity contribution in [3.05, 3.63) is 30.1 Å². The Morgan fingerprint density at radius 1 is 0.929 bits per heavy atom. The first-order valence-electron chi connectivity index (χ1n) is 10.7. The van der Waals surface area contributed by atoms with E-state index in [-0.39, 0.29) is 5.91 Å². The number of likely N-dealkylation sites (N-methyl/N-ethyl adjacent to an activating group) is 1. The Hall–Kier alpha value is -1.50. The highest BCUT2D eigenvalue weighted by molar-refractivity contribution is 5.92. The van der Waals surface area contributed by atoms with Gasteiger partial charge < -0.3 is 19.4 Å². The number of rotatable bonds is 2. The lowest BCUT2D eigenvalue weighted by Gasteiger charge is -2.32. The predicted molar refractivity (Wildman–Crippen MR) is 118 cm³/mol. The first-order valence-corrected chi connectivity index (χ1v) is 10.7. The fourth-order valence-electron chi connectivity index (χ4n) is 2.88. The molecule has 0 spiro atoms. The SMILES string of the molecule is CC.CC.CN1CCN(C(=O)c2ccccn2)CC1.COC1CCN(C)CC1.